The Morgan fingerprint density at radius 1 is 0.511 bits per heavy atom. The standard InChI is InChI=1S/C34H72N.C7H6O3/c1-5-7-9-11-13-15-17-19-21-23-25-27-29-31-33-35(3,4)34-32-30-28-26-24-22-20-18-16-14-12-10-8-6-2;8-6-4-2-1-3-5(6)7(9)10/h5-34H2,1-4H3;1-4,8H,(H,9,10)/q+1;/p-1. The van der Waals surface area contributed by atoms with Crippen molar-refractivity contribution < 1.29 is 19.5 Å². The lowest BCUT2D eigenvalue weighted by atomic mass is 10.0. The smallest absolute Gasteiger partial charge is 0.335 e. The van der Waals surface area contributed by atoms with Crippen molar-refractivity contribution in [3.8, 4) is 5.75 Å². The van der Waals surface area contributed by atoms with Gasteiger partial charge >= 0.3 is 5.97 Å². The lowest BCUT2D eigenvalue weighted by molar-refractivity contribution is -0.890. The van der Waals surface area contributed by atoms with E-state index < -0.39 is 11.7 Å². The van der Waals surface area contributed by atoms with Gasteiger partial charge in [-0.15, -0.1) is 0 Å². The maximum absolute atomic E-state index is 10.7. The van der Waals surface area contributed by atoms with Gasteiger partial charge in [0, 0.05) is 0 Å². The van der Waals surface area contributed by atoms with E-state index in [1.165, 1.54) is 222 Å². The third-order valence-corrected chi connectivity index (χ3v) is 9.35. The Balaban J connectivity index is 0.00000162. The van der Waals surface area contributed by atoms with Crippen molar-refractivity contribution in [1.29, 1.82) is 0 Å². The first-order chi connectivity index (χ1) is 21.8. The van der Waals surface area contributed by atoms with Crippen molar-refractivity contribution in [2.75, 3.05) is 27.2 Å². The van der Waals surface area contributed by atoms with E-state index in [2.05, 4.69) is 27.9 Å². The Morgan fingerprint density at radius 2 is 0.778 bits per heavy atom. The molecule has 0 bridgehead atoms. The van der Waals surface area contributed by atoms with Crippen LogP contribution in [0.1, 0.15) is 204 Å². The zero-order valence-electron chi connectivity index (χ0n) is 30.7. The Labute approximate surface area is 281 Å². The molecule has 0 amide bonds. The SMILES string of the molecule is CCCCCCCCCCCCCCCC[N+](C)(C)CCCCCCCCCCCCCCCC.O=C(O)c1ccccc1[O-]. The van der Waals surface area contributed by atoms with Crippen molar-refractivity contribution in [3.05, 3.63) is 29.8 Å². The van der Waals surface area contributed by atoms with Crippen molar-refractivity contribution >= 4 is 5.97 Å². The molecule has 0 fully saturated rings. The second-order valence-electron chi connectivity index (χ2n) is 14.4. The summed E-state index contributed by atoms with van der Waals surface area (Å²) in [6.45, 7) is 7.38. The first-order valence-corrected chi connectivity index (χ1v) is 19.7. The van der Waals surface area contributed by atoms with Crippen LogP contribution in [0, 0.1) is 0 Å². The largest absolute Gasteiger partial charge is 0.872 e. The van der Waals surface area contributed by atoms with E-state index in [4.69, 9.17) is 5.11 Å². The van der Waals surface area contributed by atoms with Gasteiger partial charge in [-0.1, -0.05) is 192 Å². The molecule has 0 saturated carbocycles. The summed E-state index contributed by atoms with van der Waals surface area (Å²) in [6, 6.07) is 5.54. The van der Waals surface area contributed by atoms with Gasteiger partial charge in [-0.3, -0.25) is 0 Å². The number of hydrogen-bond donors (Lipinski definition) is 1. The molecule has 1 aromatic carbocycles. The van der Waals surface area contributed by atoms with Crippen molar-refractivity contribution in [2.24, 2.45) is 0 Å². The molecule has 0 aliphatic rings. The van der Waals surface area contributed by atoms with Gasteiger partial charge in [0.25, 0.3) is 0 Å². The highest BCUT2D eigenvalue weighted by Gasteiger charge is 2.13. The molecular weight excluding hydrogens is 554 g/mol. The monoisotopic (exact) mass is 632 g/mol. The first kappa shape index (κ1) is 43.5. The average molecular weight is 632 g/mol. The third-order valence-electron chi connectivity index (χ3n) is 9.35. The van der Waals surface area contributed by atoms with E-state index in [1.54, 1.807) is 0 Å². The van der Waals surface area contributed by atoms with Crippen LogP contribution < -0.4 is 5.11 Å². The number of nitrogens with zero attached hydrogens (tertiary/aromatic N) is 1. The van der Waals surface area contributed by atoms with Gasteiger partial charge in [-0.05, 0) is 31.7 Å². The van der Waals surface area contributed by atoms with Crippen molar-refractivity contribution in [2.45, 2.75) is 194 Å². The highest BCUT2D eigenvalue weighted by atomic mass is 16.4. The molecule has 0 radical (unpaired) electrons. The summed E-state index contributed by atoms with van der Waals surface area (Å²) in [6.07, 6.45) is 40.9. The molecule has 0 unspecified atom stereocenters. The number of aromatic carboxylic acids is 1. The van der Waals surface area contributed by atoms with Crippen LogP contribution in [-0.2, 0) is 0 Å². The summed E-state index contributed by atoms with van der Waals surface area (Å²) in [5.41, 5.74) is -0.178. The van der Waals surface area contributed by atoms with Gasteiger partial charge in [0.15, 0.2) is 0 Å². The van der Waals surface area contributed by atoms with Gasteiger partial charge in [-0.25, -0.2) is 4.79 Å². The number of para-hydroxylation sites is 1. The lowest BCUT2D eigenvalue weighted by Gasteiger charge is -2.30. The number of rotatable bonds is 31. The maximum atomic E-state index is 10.7. The van der Waals surface area contributed by atoms with Gasteiger partial charge in [0.05, 0.1) is 32.7 Å². The topological polar surface area (TPSA) is 60.4 Å². The van der Waals surface area contributed by atoms with Crippen LogP contribution >= 0.6 is 0 Å². The van der Waals surface area contributed by atoms with Gasteiger partial charge in [0.2, 0.25) is 0 Å². The van der Waals surface area contributed by atoms with Gasteiger partial charge in [-0.2, -0.15) is 0 Å². The Hall–Kier alpha value is -1.55. The molecule has 1 N–H and O–H groups in total. The summed E-state index contributed by atoms with van der Waals surface area (Å²) in [4.78, 5) is 10.2. The number of carbonyl (C=O) groups is 1. The van der Waals surface area contributed by atoms with Crippen LogP contribution in [0.3, 0.4) is 0 Å². The summed E-state index contributed by atoms with van der Waals surface area (Å²) in [5.74, 6) is -1.62. The van der Waals surface area contributed by atoms with Crippen LogP contribution in [0.15, 0.2) is 24.3 Å². The molecular formula is C41H77NO3. The zero-order valence-corrected chi connectivity index (χ0v) is 30.7. The molecule has 1 rings (SSSR count). The van der Waals surface area contributed by atoms with Crippen LogP contribution in [0.25, 0.3) is 0 Å². The van der Waals surface area contributed by atoms with Crippen molar-refractivity contribution in [3.63, 3.8) is 0 Å². The molecule has 0 aliphatic carbocycles. The summed E-state index contributed by atoms with van der Waals surface area (Å²) in [5, 5.41) is 19.0. The number of hydrogen-bond acceptors (Lipinski definition) is 2. The molecule has 0 aliphatic heterocycles. The van der Waals surface area contributed by atoms with E-state index in [0.29, 0.717) is 0 Å². The number of unbranched alkanes of at least 4 members (excludes halogenated alkanes) is 26. The highest BCUT2D eigenvalue weighted by Crippen LogP contribution is 2.16. The van der Waals surface area contributed by atoms with E-state index >= 15 is 0 Å². The van der Waals surface area contributed by atoms with Crippen LogP contribution in [-0.4, -0.2) is 42.7 Å². The first-order valence-electron chi connectivity index (χ1n) is 19.7. The fraction of sp³-hybridized carbons (Fsp3) is 0.829. The molecule has 45 heavy (non-hydrogen) atoms. The predicted molar refractivity (Wildman–Crippen MR) is 195 cm³/mol. The molecule has 264 valence electrons. The highest BCUT2D eigenvalue weighted by molar-refractivity contribution is 5.90. The fourth-order valence-electron chi connectivity index (χ4n) is 6.22. The molecule has 1 aromatic rings. The predicted octanol–water partition coefficient (Wildman–Crippen LogP) is 12.5. The lowest BCUT2D eigenvalue weighted by Crippen LogP contribution is -2.41. The molecule has 0 aromatic heterocycles. The van der Waals surface area contributed by atoms with Crippen molar-refractivity contribution in [1.82, 2.24) is 0 Å². The summed E-state index contributed by atoms with van der Waals surface area (Å²) < 4.78 is 1.25. The number of benzene rings is 1. The zero-order chi connectivity index (χ0) is 33.3. The summed E-state index contributed by atoms with van der Waals surface area (Å²) >= 11 is 0. The molecule has 0 heterocycles. The Kier molecular flexibility index (Phi) is 31.3. The molecule has 0 spiro atoms. The number of carboxylic acid groups (broad SMARTS) is 1. The quantitative estimate of drug-likeness (QED) is 0.0655. The average Bonchev–Trinajstić information content (AvgIpc) is 3.01. The number of carboxylic acids is 1. The van der Waals surface area contributed by atoms with E-state index in [1.807, 2.05) is 0 Å². The third kappa shape index (κ3) is 30.8. The minimum absolute atomic E-state index is 0.178. The van der Waals surface area contributed by atoms with Crippen LogP contribution in [0.5, 0.6) is 5.75 Å². The Morgan fingerprint density at radius 3 is 1.02 bits per heavy atom. The van der Waals surface area contributed by atoms with Gasteiger partial charge < -0.3 is 14.7 Å². The van der Waals surface area contributed by atoms with E-state index in [0.717, 1.165) is 0 Å². The minimum atomic E-state index is -1.18. The minimum Gasteiger partial charge on any atom is -0.872 e. The van der Waals surface area contributed by atoms with Crippen LogP contribution in [0.4, 0.5) is 0 Å². The molecule has 4 heteroatoms. The van der Waals surface area contributed by atoms with Gasteiger partial charge in [0.1, 0.15) is 0 Å². The second-order valence-corrected chi connectivity index (χ2v) is 14.4. The van der Waals surface area contributed by atoms with E-state index in [9.17, 15) is 9.90 Å². The van der Waals surface area contributed by atoms with E-state index in [-0.39, 0.29) is 5.56 Å². The fourth-order valence-corrected chi connectivity index (χ4v) is 6.22. The summed E-state index contributed by atoms with van der Waals surface area (Å²) in [7, 11) is 4.93. The number of quaternary nitrogens is 1. The van der Waals surface area contributed by atoms with Crippen LogP contribution in [0.2, 0.25) is 0 Å². The maximum Gasteiger partial charge on any atom is 0.335 e. The molecule has 0 atom stereocenters. The second kappa shape index (κ2) is 32.4. The Bertz CT molecular complexity index is 729. The molecule has 4 nitrogen and oxygen atoms in total. The normalized spacial score (nSPS) is 11.4. The molecule has 0 saturated heterocycles.